The summed E-state index contributed by atoms with van der Waals surface area (Å²) < 4.78 is 5.08. The summed E-state index contributed by atoms with van der Waals surface area (Å²) in [7, 11) is 1.57. The molecule has 0 aromatic heterocycles. The third kappa shape index (κ3) is 4.15. The van der Waals surface area contributed by atoms with Gasteiger partial charge in [-0.15, -0.1) is 0 Å². The van der Waals surface area contributed by atoms with Crippen LogP contribution in [0.2, 0.25) is 0 Å². The number of carbonyl (C=O) groups is 1. The van der Waals surface area contributed by atoms with Gasteiger partial charge in [0.05, 0.1) is 6.61 Å². The van der Waals surface area contributed by atoms with Crippen LogP contribution in [0.3, 0.4) is 0 Å². The minimum absolute atomic E-state index is 0.0558. The fourth-order valence-electron chi connectivity index (χ4n) is 5.03. The maximum absolute atomic E-state index is 12.5. The van der Waals surface area contributed by atoms with Crippen LogP contribution in [0.1, 0.15) is 29.9 Å². The lowest BCUT2D eigenvalue weighted by atomic mass is 9.74. The number of aliphatic hydroxyl groups excluding tert-OH is 1. The van der Waals surface area contributed by atoms with Crippen LogP contribution < -0.4 is 0 Å². The summed E-state index contributed by atoms with van der Waals surface area (Å²) in [5, 5.41) is 10.1. The maximum atomic E-state index is 12.5. The number of hydrogen-bond donors (Lipinski definition) is 1. The van der Waals surface area contributed by atoms with E-state index in [1.54, 1.807) is 7.11 Å². The van der Waals surface area contributed by atoms with E-state index in [-0.39, 0.29) is 37.1 Å². The van der Waals surface area contributed by atoms with E-state index in [9.17, 15) is 9.90 Å². The van der Waals surface area contributed by atoms with Gasteiger partial charge in [0.15, 0.2) is 0 Å². The van der Waals surface area contributed by atoms with Gasteiger partial charge in [0.1, 0.15) is 6.61 Å². The molecule has 5 nitrogen and oxygen atoms in total. The number of amides is 1. The summed E-state index contributed by atoms with van der Waals surface area (Å²) in [6.45, 7) is 4.84. The first-order valence-electron chi connectivity index (χ1n) is 10.9. The Bertz CT molecular complexity index is 850. The van der Waals surface area contributed by atoms with Crippen LogP contribution in [-0.4, -0.2) is 72.9 Å². The molecule has 2 aromatic rings. The van der Waals surface area contributed by atoms with Crippen molar-refractivity contribution in [2.45, 2.75) is 37.8 Å². The number of rotatable bonds is 5. The van der Waals surface area contributed by atoms with Crippen LogP contribution >= 0.6 is 0 Å². The lowest BCUT2D eigenvalue weighted by Crippen LogP contribution is -2.68. The first-order chi connectivity index (χ1) is 14.6. The van der Waals surface area contributed by atoms with Crippen LogP contribution in [0.25, 0.3) is 11.1 Å². The summed E-state index contributed by atoms with van der Waals surface area (Å²) >= 11 is 0. The average Bonchev–Trinajstić information content (AvgIpc) is 2.74. The monoisotopic (exact) mass is 408 g/mol. The van der Waals surface area contributed by atoms with Crippen molar-refractivity contribution in [3.63, 3.8) is 0 Å². The molecule has 0 saturated carbocycles. The van der Waals surface area contributed by atoms with E-state index >= 15 is 0 Å². The molecule has 2 heterocycles. The van der Waals surface area contributed by atoms with Gasteiger partial charge in [0.2, 0.25) is 5.91 Å². The van der Waals surface area contributed by atoms with E-state index in [4.69, 9.17) is 4.74 Å². The van der Waals surface area contributed by atoms with Gasteiger partial charge in [0, 0.05) is 38.2 Å². The van der Waals surface area contributed by atoms with Gasteiger partial charge in [-0.25, -0.2) is 0 Å². The van der Waals surface area contributed by atoms with Crippen LogP contribution in [0.4, 0.5) is 0 Å². The zero-order valence-corrected chi connectivity index (χ0v) is 18.0. The molecular weight excluding hydrogens is 376 g/mol. The molecular formula is C25H32N2O3. The Balaban J connectivity index is 1.55. The standard InChI is InChI=1S/C25H32N2O3/c1-18-5-7-19(8-6-18)20-9-11-21(12-10-20)25-22-15-26(24(29)17-30-2)13-3-4-14-27(22)23(25)16-28/h5-12,22-23,25,28H,3-4,13-17H2,1-2H3/t22-,23-,25-/m1/s1. The van der Waals surface area contributed by atoms with Crippen molar-refractivity contribution in [3.8, 4) is 11.1 Å². The molecule has 0 bridgehead atoms. The fourth-order valence-corrected chi connectivity index (χ4v) is 5.03. The predicted octanol–water partition coefficient (Wildman–Crippen LogP) is 3.06. The Kier molecular flexibility index (Phi) is 6.52. The third-order valence-corrected chi connectivity index (χ3v) is 6.67. The number of nitrogens with zero attached hydrogens (tertiary/aromatic N) is 2. The van der Waals surface area contributed by atoms with Crippen molar-refractivity contribution in [3.05, 3.63) is 59.7 Å². The topological polar surface area (TPSA) is 53.0 Å². The predicted molar refractivity (Wildman–Crippen MR) is 118 cm³/mol. The highest BCUT2D eigenvalue weighted by atomic mass is 16.5. The molecule has 0 unspecified atom stereocenters. The number of benzene rings is 2. The minimum atomic E-state index is 0.0558. The molecule has 4 rings (SSSR count). The second kappa shape index (κ2) is 9.29. The number of hydrogen-bond acceptors (Lipinski definition) is 4. The van der Waals surface area contributed by atoms with Gasteiger partial charge in [-0.1, -0.05) is 54.1 Å². The second-order valence-corrected chi connectivity index (χ2v) is 8.55. The van der Waals surface area contributed by atoms with Crippen molar-refractivity contribution < 1.29 is 14.6 Å². The normalized spacial score (nSPS) is 24.5. The van der Waals surface area contributed by atoms with E-state index in [1.165, 1.54) is 22.3 Å². The molecule has 1 N–H and O–H groups in total. The van der Waals surface area contributed by atoms with Gasteiger partial charge in [-0.05, 0) is 43.0 Å². The lowest BCUT2D eigenvalue weighted by Gasteiger charge is -2.57. The van der Waals surface area contributed by atoms with Gasteiger partial charge in [-0.2, -0.15) is 0 Å². The van der Waals surface area contributed by atoms with Gasteiger partial charge >= 0.3 is 0 Å². The van der Waals surface area contributed by atoms with Crippen molar-refractivity contribution >= 4 is 5.91 Å². The highest BCUT2D eigenvalue weighted by molar-refractivity contribution is 5.77. The van der Waals surface area contributed by atoms with Crippen LogP contribution in [0.15, 0.2) is 48.5 Å². The largest absolute Gasteiger partial charge is 0.395 e. The van der Waals surface area contributed by atoms with Gasteiger partial charge in [-0.3, -0.25) is 9.69 Å². The molecule has 2 aliphatic heterocycles. The molecule has 5 heteroatoms. The zero-order chi connectivity index (χ0) is 21.1. The smallest absolute Gasteiger partial charge is 0.248 e. The summed E-state index contributed by atoms with van der Waals surface area (Å²) in [4.78, 5) is 16.8. The van der Waals surface area contributed by atoms with E-state index < -0.39 is 0 Å². The summed E-state index contributed by atoms with van der Waals surface area (Å²) in [5.41, 5.74) is 4.91. The molecule has 30 heavy (non-hydrogen) atoms. The summed E-state index contributed by atoms with van der Waals surface area (Å²) in [6, 6.07) is 17.7. The van der Waals surface area contributed by atoms with E-state index in [1.807, 2.05) is 4.90 Å². The molecule has 2 aromatic carbocycles. The number of aryl methyl sites for hydroxylation is 1. The lowest BCUT2D eigenvalue weighted by molar-refractivity contribution is -0.140. The molecule has 0 aliphatic carbocycles. The van der Waals surface area contributed by atoms with Crippen molar-refractivity contribution in [2.75, 3.05) is 40.0 Å². The molecule has 2 aliphatic rings. The molecule has 0 spiro atoms. The Labute approximate surface area is 179 Å². The first kappa shape index (κ1) is 21.0. The fraction of sp³-hybridized carbons (Fsp3) is 0.480. The zero-order valence-electron chi connectivity index (χ0n) is 18.0. The van der Waals surface area contributed by atoms with E-state index in [0.717, 1.165) is 25.9 Å². The molecule has 3 atom stereocenters. The molecule has 1 amide bonds. The molecule has 160 valence electrons. The Hall–Kier alpha value is -2.21. The SMILES string of the molecule is COCC(=O)N1CCCCN2[C@H](CO)[C@H](c3ccc(-c4ccc(C)cc4)cc3)[C@H]2C1. The Morgan fingerprint density at radius 2 is 1.67 bits per heavy atom. The molecule has 0 radical (unpaired) electrons. The van der Waals surface area contributed by atoms with E-state index in [2.05, 4.69) is 60.4 Å². The van der Waals surface area contributed by atoms with Crippen molar-refractivity contribution in [1.29, 1.82) is 0 Å². The van der Waals surface area contributed by atoms with Crippen molar-refractivity contribution in [2.24, 2.45) is 0 Å². The number of aliphatic hydroxyl groups is 1. The number of carbonyl (C=O) groups excluding carboxylic acids is 1. The van der Waals surface area contributed by atoms with Crippen LogP contribution in [0, 0.1) is 6.92 Å². The van der Waals surface area contributed by atoms with Gasteiger partial charge in [0.25, 0.3) is 0 Å². The third-order valence-electron chi connectivity index (χ3n) is 6.67. The maximum Gasteiger partial charge on any atom is 0.248 e. The molecule has 2 saturated heterocycles. The minimum Gasteiger partial charge on any atom is -0.395 e. The Morgan fingerprint density at radius 1 is 1.03 bits per heavy atom. The van der Waals surface area contributed by atoms with Crippen LogP contribution in [-0.2, 0) is 9.53 Å². The highest BCUT2D eigenvalue weighted by Crippen LogP contribution is 2.42. The number of ether oxygens (including phenoxy) is 1. The van der Waals surface area contributed by atoms with Crippen molar-refractivity contribution in [1.82, 2.24) is 9.80 Å². The first-order valence-corrected chi connectivity index (χ1v) is 10.9. The second-order valence-electron chi connectivity index (χ2n) is 8.55. The van der Waals surface area contributed by atoms with Crippen LogP contribution in [0.5, 0.6) is 0 Å². The summed E-state index contributed by atoms with van der Waals surface area (Å²) in [5.74, 6) is 0.290. The number of methoxy groups -OCH3 is 1. The van der Waals surface area contributed by atoms with Gasteiger partial charge < -0.3 is 14.7 Å². The molecule has 2 fully saturated rings. The number of fused-ring (bicyclic) bond motifs is 1. The highest BCUT2D eigenvalue weighted by Gasteiger charge is 2.49. The average molecular weight is 409 g/mol. The Morgan fingerprint density at radius 3 is 2.30 bits per heavy atom. The van der Waals surface area contributed by atoms with E-state index in [0.29, 0.717) is 6.54 Å². The quantitative estimate of drug-likeness (QED) is 0.826. The summed E-state index contributed by atoms with van der Waals surface area (Å²) in [6.07, 6.45) is 2.04.